The van der Waals surface area contributed by atoms with Crippen LogP contribution in [0.5, 0.6) is 11.5 Å². The van der Waals surface area contributed by atoms with Crippen LogP contribution in [0.25, 0.3) is 44.6 Å². The summed E-state index contributed by atoms with van der Waals surface area (Å²) in [5, 5.41) is 21.4. The summed E-state index contributed by atoms with van der Waals surface area (Å²) in [5.41, 5.74) is 0.363. The molecule has 0 aliphatic heterocycles. The molecule has 5 rings (SSSR count). The fourth-order valence-corrected chi connectivity index (χ4v) is 3.46. The quantitative estimate of drug-likeness (QED) is 0.449. The molecule has 2 aromatic heterocycles. The number of hydrogen-bond acceptors (Lipinski definition) is 6. The van der Waals surface area contributed by atoms with Crippen molar-refractivity contribution in [1.82, 2.24) is 0 Å². The second kappa shape index (κ2) is 6.63. The molecule has 0 saturated carbocycles. The third-order valence-corrected chi connectivity index (χ3v) is 4.93. The molecule has 30 heavy (non-hydrogen) atoms. The van der Waals surface area contributed by atoms with E-state index in [4.69, 9.17) is 8.83 Å². The molecule has 6 nitrogen and oxygen atoms in total. The largest absolute Gasteiger partial charge is 0.502 e. The maximum atomic E-state index is 12.5. The zero-order valence-corrected chi connectivity index (χ0v) is 15.5. The first-order valence-corrected chi connectivity index (χ1v) is 9.15. The summed E-state index contributed by atoms with van der Waals surface area (Å²) in [5.74, 6) is -1.06. The first kappa shape index (κ1) is 17.8. The Morgan fingerprint density at radius 1 is 0.567 bits per heavy atom. The molecule has 0 aliphatic rings. The van der Waals surface area contributed by atoms with E-state index in [0.717, 1.165) is 0 Å². The van der Waals surface area contributed by atoms with Gasteiger partial charge in [-0.3, -0.25) is 9.59 Å². The van der Waals surface area contributed by atoms with Gasteiger partial charge in [0.2, 0.25) is 22.4 Å². The van der Waals surface area contributed by atoms with E-state index < -0.39 is 22.4 Å². The zero-order chi connectivity index (χ0) is 20.8. The van der Waals surface area contributed by atoms with E-state index in [1.54, 1.807) is 72.8 Å². The van der Waals surface area contributed by atoms with Crippen molar-refractivity contribution in [3.8, 4) is 34.1 Å². The van der Waals surface area contributed by atoms with Crippen molar-refractivity contribution in [3.63, 3.8) is 0 Å². The Balaban J connectivity index is 1.74. The van der Waals surface area contributed by atoms with E-state index in [0.29, 0.717) is 22.3 Å². The fourth-order valence-electron chi connectivity index (χ4n) is 3.46. The van der Waals surface area contributed by atoms with Gasteiger partial charge in [0.05, 0.1) is 10.8 Å². The Morgan fingerprint density at radius 3 is 1.47 bits per heavy atom. The monoisotopic (exact) mass is 398 g/mol. The van der Waals surface area contributed by atoms with Crippen molar-refractivity contribution >= 4 is 21.9 Å². The molecular formula is C24H14O6. The Bertz CT molecular complexity index is 1440. The molecule has 0 aliphatic carbocycles. The molecular weight excluding hydrogens is 384 g/mol. The lowest BCUT2D eigenvalue weighted by Crippen LogP contribution is -2.03. The zero-order valence-electron chi connectivity index (χ0n) is 15.5. The van der Waals surface area contributed by atoms with Crippen molar-refractivity contribution in [1.29, 1.82) is 0 Å². The van der Waals surface area contributed by atoms with Gasteiger partial charge in [0.1, 0.15) is 11.2 Å². The van der Waals surface area contributed by atoms with E-state index in [9.17, 15) is 19.8 Å². The van der Waals surface area contributed by atoms with Crippen LogP contribution in [0.15, 0.2) is 91.2 Å². The Hall–Kier alpha value is -4.32. The summed E-state index contributed by atoms with van der Waals surface area (Å²) < 4.78 is 11.5. The molecule has 3 aromatic carbocycles. The summed E-state index contributed by atoms with van der Waals surface area (Å²) in [6, 6.07) is 19.7. The smallest absolute Gasteiger partial charge is 0.235 e. The maximum Gasteiger partial charge on any atom is 0.235 e. The molecule has 0 bridgehead atoms. The van der Waals surface area contributed by atoms with Crippen LogP contribution >= 0.6 is 0 Å². The van der Waals surface area contributed by atoms with E-state index in [2.05, 4.69) is 0 Å². The van der Waals surface area contributed by atoms with Gasteiger partial charge in [-0.2, -0.15) is 0 Å². The van der Waals surface area contributed by atoms with Crippen molar-refractivity contribution < 1.29 is 19.0 Å². The number of fused-ring (bicyclic) bond motifs is 2. The molecule has 146 valence electrons. The summed E-state index contributed by atoms with van der Waals surface area (Å²) in [6.07, 6.45) is 0. The standard InChI is InChI=1S/C24H14O6/c25-19-15-8-1-3-10-17(15)29-23(21(19)27)13-6-5-7-14(12-13)24-22(28)20(26)16-9-2-4-11-18(16)30-24/h1-12,27-28H. The minimum absolute atomic E-state index is 0.0109. The van der Waals surface area contributed by atoms with Crippen LogP contribution < -0.4 is 10.9 Å². The molecule has 0 atom stereocenters. The lowest BCUT2D eigenvalue weighted by atomic mass is 10.0. The lowest BCUT2D eigenvalue weighted by molar-refractivity contribution is 0.448. The minimum atomic E-state index is -0.544. The highest BCUT2D eigenvalue weighted by Gasteiger charge is 2.18. The maximum absolute atomic E-state index is 12.5. The molecule has 5 aromatic rings. The summed E-state index contributed by atoms with van der Waals surface area (Å²) in [7, 11) is 0. The number of aromatic hydroxyl groups is 2. The second-order valence-electron chi connectivity index (χ2n) is 6.79. The lowest BCUT2D eigenvalue weighted by Gasteiger charge is -2.09. The highest BCUT2D eigenvalue weighted by molar-refractivity contribution is 5.84. The second-order valence-corrected chi connectivity index (χ2v) is 6.79. The van der Waals surface area contributed by atoms with Crippen molar-refractivity contribution in [2.45, 2.75) is 0 Å². The van der Waals surface area contributed by atoms with Gasteiger partial charge < -0.3 is 19.0 Å². The van der Waals surface area contributed by atoms with Gasteiger partial charge in [0.15, 0.2) is 11.5 Å². The van der Waals surface area contributed by atoms with Crippen LogP contribution in [0.4, 0.5) is 0 Å². The van der Waals surface area contributed by atoms with Gasteiger partial charge in [0, 0.05) is 11.1 Å². The van der Waals surface area contributed by atoms with Crippen molar-refractivity contribution in [2.24, 2.45) is 0 Å². The number of para-hydroxylation sites is 2. The Labute approximate surface area is 168 Å². The van der Waals surface area contributed by atoms with Crippen molar-refractivity contribution in [2.75, 3.05) is 0 Å². The average molecular weight is 398 g/mol. The molecule has 0 radical (unpaired) electrons. The number of hydrogen-bond donors (Lipinski definition) is 2. The van der Waals surface area contributed by atoms with Crippen LogP contribution in [-0.2, 0) is 0 Å². The molecule has 0 spiro atoms. The average Bonchev–Trinajstić information content (AvgIpc) is 2.79. The fraction of sp³-hybridized carbons (Fsp3) is 0. The highest BCUT2D eigenvalue weighted by atomic mass is 16.4. The molecule has 0 fully saturated rings. The minimum Gasteiger partial charge on any atom is -0.502 e. The van der Waals surface area contributed by atoms with E-state index >= 15 is 0 Å². The van der Waals surface area contributed by atoms with Gasteiger partial charge in [-0.15, -0.1) is 0 Å². The van der Waals surface area contributed by atoms with Gasteiger partial charge in [-0.05, 0) is 30.3 Å². The van der Waals surface area contributed by atoms with Crippen LogP contribution in [0.2, 0.25) is 0 Å². The van der Waals surface area contributed by atoms with E-state index in [1.807, 2.05) is 0 Å². The van der Waals surface area contributed by atoms with Gasteiger partial charge >= 0.3 is 0 Å². The summed E-state index contributed by atoms with van der Waals surface area (Å²) in [4.78, 5) is 25.0. The van der Waals surface area contributed by atoms with Gasteiger partial charge in [-0.25, -0.2) is 0 Å². The summed E-state index contributed by atoms with van der Waals surface area (Å²) in [6.45, 7) is 0. The van der Waals surface area contributed by atoms with Crippen LogP contribution in [-0.4, -0.2) is 10.2 Å². The highest BCUT2D eigenvalue weighted by Crippen LogP contribution is 2.35. The third-order valence-electron chi connectivity index (χ3n) is 4.93. The molecule has 2 N–H and O–H groups in total. The van der Waals surface area contributed by atoms with Crippen LogP contribution in [0, 0.1) is 0 Å². The van der Waals surface area contributed by atoms with Crippen molar-refractivity contribution in [3.05, 3.63) is 93.2 Å². The van der Waals surface area contributed by atoms with Gasteiger partial charge in [-0.1, -0.05) is 42.5 Å². The number of rotatable bonds is 2. The van der Waals surface area contributed by atoms with Crippen LogP contribution in [0.1, 0.15) is 0 Å². The molecule has 0 amide bonds. The summed E-state index contributed by atoms with van der Waals surface area (Å²) >= 11 is 0. The van der Waals surface area contributed by atoms with E-state index in [1.165, 1.54) is 0 Å². The Morgan fingerprint density at radius 2 is 1.00 bits per heavy atom. The molecule has 0 saturated heterocycles. The first-order chi connectivity index (χ1) is 14.5. The number of benzene rings is 3. The topological polar surface area (TPSA) is 101 Å². The van der Waals surface area contributed by atoms with Crippen LogP contribution in [0.3, 0.4) is 0 Å². The van der Waals surface area contributed by atoms with Gasteiger partial charge in [0.25, 0.3) is 0 Å². The molecule has 6 heteroatoms. The molecule has 0 unspecified atom stereocenters. The normalized spacial score (nSPS) is 11.2. The first-order valence-electron chi connectivity index (χ1n) is 9.15. The predicted octanol–water partition coefficient (Wildman–Crippen LogP) is 4.64. The van der Waals surface area contributed by atoms with E-state index in [-0.39, 0.29) is 22.3 Å². The molecule has 2 heterocycles. The third kappa shape index (κ3) is 2.66. The predicted molar refractivity (Wildman–Crippen MR) is 113 cm³/mol. The SMILES string of the molecule is O=c1c(O)c(-c2cccc(-c3oc4ccccc4c(=O)c3O)c2)oc2ccccc12. The Kier molecular flexibility index (Phi) is 3.93.